The SMILES string of the molecule is C[C@@H](N)c1ccc(OC2CCN(C)C2)cc1. The molecule has 2 rings (SSSR count). The number of likely N-dealkylation sites (tertiary alicyclic amines) is 1. The van der Waals surface area contributed by atoms with E-state index in [0.717, 1.165) is 30.8 Å². The first kappa shape index (κ1) is 11.4. The van der Waals surface area contributed by atoms with E-state index in [1.165, 1.54) is 0 Å². The summed E-state index contributed by atoms with van der Waals surface area (Å²) in [6.07, 6.45) is 1.46. The Morgan fingerprint density at radius 2 is 2.06 bits per heavy atom. The van der Waals surface area contributed by atoms with Crippen molar-refractivity contribution in [3.63, 3.8) is 0 Å². The van der Waals surface area contributed by atoms with Gasteiger partial charge in [0.2, 0.25) is 0 Å². The Kier molecular flexibility index (Phi) is 3.46. The van der Waals surface area contributed by atoms with Crippen molar-refractivity contribution in [2.24, 2.45) is 5.73 Å². The Morgan fingerprint density at radius 1 is 1.38 bits per heavy atom. The van der Waals surface area contributed by atoms with Crippen molar-refractivity contribution >= 4 is 0 Å². The number of nitrogens with zero attached hydrogens (tertiary/aromatic N) is 1. The van der Waals surface area contributed by atoms with E-state index in [0.29, 0.717) is 6.10 Å². The summed E-state index contributed by atoms with van der Waals surface area (Å²) in [4.78, 5) is 2.29. The van der Waals surface area contributed by atoms with Gasteiger partial charge in [-0.1, -0.05) is 12.1 Å². The number of rotatable bonds is 3. The van der Waals surface area contributed by atoms with Crippen LogP contribution in [0.4, 0.5) is 0 Å². The van der Waals surface area contributed by atoms with Crippen LogP contribution < -0.4 is 10.5 Å². The molecular weight excluding hydrogens is 200 g/mol. The second kappa shape index (κ2) is 4.85. The van der Waals surface area contributed by atoms with Crippen molar-refractivity contribution in [1.82, 2.24) is 4.90 Å². The van der Waals surface area contributed by atoms with Gasteiger partial charge < -0.3 is 15.4 Å². The monoisotopic (exact) mass is 220 g/mol. The first-order valence-electron chi connectivity index (χ1n) is 5.86. The lowest BCUT2D eigenvalue weighted by atomic mass is 10.1. The summed E-state index contributed by atoms with van der Waals surface area (Å²) >= 11 is 0. The van der Waals surface area contributed by atoms with Crippen LogP contribution >= 0.6 is 0 Å². The minimum atomic E-state index is 0.0895. The van der Waals surface area contributed by atoms with Crippen LogP contribution in [0.25, 0.3) is 0 Å². The van der Waals surface area contributed by atoms with E-state index < -0.39 is 0 Å². The summed E-state index contributed by atoms with van der Waals surface area (Å²) in [5.41, 5.74) is 6.95. The highest BCUT2D eigenvalue weighted by Gasteiger charge is 2.20. The zero-order chi connectivity index (χ0) is 11.5. The van der Waals surface area contributed by atoms with E-state index in [1.807, 2.05) is 31.2 Å². The van der Waals surface area contributed by atoms with Gasteiger partial charge in [-0.25, -0.2) is 0 Å². The van der Waals surface area contributed by atoms with Crippen LogP contribution in [0.15, 0.2) is 24.3 Å². The molecule has 1 heterocycles. The van der Waals surface area contributed by atoms with Gasteiger partial charge in [0, 0.05) is 19.1 Å². The molecule has 1 unspecified atom stereocenters. The van der Waals surface area contributed by atoms with Crippen LogP contribution in [-0.2, 0) is 0 Å². The summed E-state index contributed by atoms with van der Waals surface area (Å²) in [5, 5.41) is 0. The standard InChI is InChI=1S/C13H20N2O/c1-10(14)11-3-5-12(6-4-11)16-13-7-8-15(2)9-13/h3-6,10,13H,7-9,14H2,1-2H3/t10-,13?/m1/s1. The molecule has 16 heavy (non-hydrogen) atoms. The summed E-state index contributed by atoms with van der Waals surface area (Å²) in [7, 11) is 2.13. The summed E-state index contributed by atoms with van der Waals surface area (Å²) in [6, 6.07) is 8.19. The highest BCUT2D eigenvalue weighted by atomic mass is 16.5. The van der Waals surface area contributed by atoms with Crippen molar-refractivity contribution in [1.29, 1.82) is 0 Å². The maximum Gasteiger partial charge on any atom is 0.119 e. The van der Waals surface area contributed by atoms with Gasteiger partial charge in [-0.2, -0.15) is 0 Å². The van der Waals surface area contributed by atoms with E-state index >= 15 is 0 Å². The topological polar surface area (TPSA) is 38.5 Å². The lowest BCUT2D eigenvalue weighted by molar-refractivity contribution is 0.208. The van der Waals surface area contributed by atoms with Gasteiger partial charge in [0.05, 0.1) is 0 Å². The van der Waals surface area contributed by atoms with Gasteiger partial charge in [-0.05, 0) is 38.1 Å². The van der Waals surface area contributed by atoms with E-state index in [2.05, 4.69) is 11.9 Å². The minimum Gasteiger partial charge on any atom is -0.489 e. The maximum absolute atomic E-state index is 5.90. The summed E-state index contributed by atoms with van der Waals surface area (Å²) < 4.78 is 5.90. The molecule has 0 aromatic heterocycles. The highest BCUT2D eigenvalue weighted by Crippen LogP contribution is 2.20. The lowest BCUT2D eigenvalue weighted by Gasteiger charge is -2.14. The van der Waals surface area contributed by atoms with Gasteiger partial charge >= 0.3 is 0 Å². The molecule has 0 bridgehead atoms. The third-order valence-corrected chi connectivity index (χ3v) is 3.06. The second-order valence-corrected chi connectivity index (χ2v) is 4.65. The van der Waals surface area contributed by atoms with Crippen molar-refractivity contribution in [2.75, 3.05) is 20.1 Å². The molecule has 2 atom stereocenters. The number of ether oxygens (including phenoxy) is 1. The number of hydrogen-bond donors (Lipinski definition) is 1. The van der Waals surface area contributed by atoms with Gasteiger partial charge in [0.1, 0.15) is 11.9 Å². The number of benzene rings is 1. The smallest absolute Gasteiger partial charge is 0.119 e. The van der Waals surface area contributed by atoms with Crippen LogP contribution in [0.1, 0.15) is 24.9 Å². The molecule has 0 radical (unpaired) electrons. The van der Waals surface area contributed by atoms with Crippen LogP contribution in [-0.4, -0.2) is 31.1 Å². The van der Waals surface area contributed by atoms with E-state index in [4.69, 9.17) is 10.5 Å². The minimum absolute atomic E-state index is 0.0895. The quantitative estimate of drug-likeness (QED) is 0.844. The molecule has 3 heteroatoms. The molecule has 0 spiro atoms. The predicted molar refractivity (Wildman–Crippen MR) is 65.6 cm³/mol. The number of likely N-dealkylation sites (N-methyl/N-ethyl adjacent to an activating group) is 1. The Labute approximate surface area is 97.2 Å². The summed E-state index contributed by atoms with van der Waals surface area (Å²) in [6.45, 7) is 4.14. The van der Waals surface area contributed by atoms with Crippen molar-refractivity contribution in [2.45, 2.75) is 25.5 Å². The molecule has 2 N–H and O–H groups in total. The van der Waals surface area contributed by atoms with Gasteiger partial charge in [0.15, 0.2) is 0 Å². The average molecular weight is 220 g/mol. The van der Waals surface area contributed by atoms with Crippen LogP contribution in [0.3, 0.4) is 0 Å². The van der Waals surface area contributed by atoms with Crippen LogP contribution in [0.5, 0.6) is 5.75 Å². The predicted octanol–water partition coefficient (Wildman–Crippen LogP) is 1.79. The molecule has 1 saturated heterocycles. The van der Waals surface area contributed by atoms with Crippen molar-refractivity contribution in [3.05, 3.63) is 29.8 Å². The zero-order valence-corrected chi connectivity index (χ0v) is 10.0. The van der Waals surface area contributed by atoms with E-state index in [1.54, 1.807) is 0 Å². The second-order valence-electron chi connectivity index (χ2n) is 4.65. The molecule has 88 valence electrons. The largest absolute Gasteiger partial charge is 0.489 e. The molecule has 0 amide bonds. The zero-order valence-electron chi connectivity index (χ0n) is 10.0. The number of nitrogens with two attached hydrogens (primary N) is 1. The molecular formula is C13H20N2O. The lowest BCUT2D eigenvalue weighted by Crippen LogP contribution is -2.21. The fourth-order valence-electron chi connectivity index (χ4n) is 2.03. The molecule has 1 aromatic rings. The van der Waals surface area contributed by atoms with Crippen LogP contribution in [0.2, 0.25) is 0 Å². The number of hydrogen-bond acceptors (Lipinski definition) is 3. The molecule has 3 nitrogen and oxygen atoms in total. The van der Waals surface area contributed by atoms with Crippen LogP contribution in [0, 0.1) is 0 Å². The average Bonchev–Trinajstić information content (AvgIpc) is 2.65. The third-order valence-electron chi connectivity index (χ3n) is 3.06. The van der Waals surface area contributed by atoms with Crippen molar-refractivity contribution in [3.8, 4) is 5.75 Å². The normalized spacial score (nSPS) is 23.3. The highest BCUT2D eigenvalue weighted by molar-refractivity contribution is 5.29. The third kappa shape index (κ3) is 2.74. The van der Waals surface area contributed by atoms with E-state index in [-0.39, 0.29) is 6.04 Å². The van der Waals surface area contributed by atoms with Gasteiger partial charge in [-0.3, -0.25) is 0 Å². The Bertz CT molecular complexity index is 334. The molecule has 0 aliphatic carbocycles. The first-order valence-corrected chi connectivity index (χ1v) is 5.86. The first-order chi connectivity index (χ1) is 7.65. The fraction of sp³-hybridized carbons (Fsp3) is 0.538. The fourth-order valence-corrected chi connectivity index (χ4v) is 2.03. The molecule has 1 fully saturated rings. The van der Waals surface area contributed by atoms with Crippen molar-refractivity contribution < 1.29 is 4.74 Å². The van der Waals surface area contributed by atoms with Gasteiger partial charge in [-0.15, -0.1) is 0 Å². The van der Waals surface area contributed by atoms with E-state index in [9.17, 15) is 0 Å². The molecule has 1 aliphatic rings. The summed E-state index contributed by atoms with van der Waals surface area (Å²) in [5.74, 6) is 0.949. The Balaban J connectivity index is 1.95. The molecule has 1 aromatic carbocycles. The Morgan fingerprint density at radius 3 is 2.56 bits per heavy atom. The maximum atomic E-state index is 5.90. The van der Waals surface area contributed by atoms with Gasteiger partial charge in [0.25, 0.3) is 0 Å². The molecule has 1 aliphatic heterocycles. The Hall–Kier alpha value is -1.06. The molecule has 0 saturated carbocycles.